The molecule has 1 N–H and O–H groups in total. The van der Waals surface area contributed by atoms with Gasteiger partial charge in [0, 0.05) is 19.5 Å². The van der Waals surface area contributed by atoms with E-state index in [2.05, 4.69) is 0 Å². The van der Waals surface area contributed by atoms with Crippen LogP contribution in [0.15, 0.2) is 24.3 Å². The molecule has 1 aliphatic rings. The smallest absolute Gasteiger partial charge is 0.308 e. The highest BCUT2D eigenvalue weighted by atomic mass is 16.5. The zero-order chi connectivity index (χ0) is 14.5. The van der Waals surface area contributed by atoms with E-state index < -0.39 is 11.9 Å². The van der Waals surface area contributed by atoms with Gasteiger partial charge in [0.15, 0.2) is 0 Å². The fourth-order valence-corrected chi connectivity index (χ4v) is 2.50. The molecule has 0 bridgehead atoms. The molecule has 1 heterocycles. The minimum absolute atomic E-state index is 0.0393. The lowest BCUT2D eigenvalue weighted by Crippen LogP contribution is -2.43. The van der Waals surface area contributed by atoms with Crippen molar-refractivity contribution in [2.45, 2.75) is 19.3 Å². The summed E-state index contributed by atoms with van der Waals surface area (Å²) in [4.78, 5) is 24.5. The van der Waals surface area contributed by atoms with Gasteiger partial charge in [0.2, 0.25) is 5.91 Å². The summed E-state index contributed by atoms with van der Waals surface area (Å²) in [5, 5.41) is 9.05. The van der Waals surface area contributed by atoms with Crippen LogP contribution in [0.25, 0.3) is 0 Å². The molecular weight excluding hydrogens is 258 g/mol. The van der Waals surface area contributed by atoms with E-state index in [0.29, 0.717) is 32.4 Å². The zero-order valence-electron chi connectivity index (χ0n) is 11.5. The fraction of sp³-hybridized carbons (Fsp3) is 0.467. The third-order valence-corrected chi connectivity index (χ3v) is 3.69. The number of carboxylic acid groups (broad SMARTS) is 1. The van der Waals surface area contributed by atoms with Crippen LogP contribution in [0.1, 0.15) is 18.4 Å². The maximum absolute atomic E-state index is 11.8. The number of hydrogen-bond acceptors (Lipinski definition) is 3. The van der Waals surface area contributed by atoms with Crippen LogP contribution in [0.4, 0.5) is 0 Å². The van der Waals surface area contributed by atoms with Crippen molar-refractivity contribution in [1.29, 1.82) is 0 Å². The van der Waals surface area contributed by atoms with Crippen molar-refractivity contribution in [2.24, 2.45) is 5.92 Å². The molecule has 0 spiro atoms. The first-order valence-corrected chi connectivity index (χ1v) is 6.74. The van der Waals surface area contributed by atoms with Crippen LogP contribution in [0.3, 0.4) is 0 Å². The van der Waals surface area contributed by atoms with Gasteiger partial charge in [-0.15, -0.1) is 0 Å². The first-order chi connectivity index (χ1) is 9.61. The van der Waals surface area contributed by atoms with E-state index in [1.54, 1.807) is 12.0 Å². The molecule has 108 valence electrons. The summed E-state index contributed by atoms with van der Waals surface area (Å²) >= 11 is 0. The number of piperidine rings is 1. The van der Waals surface area contributed by atoms with Crippen LogP contribution in [0, 0.1) is 5.92 Å². The van der Waals surface area contributed by atoms with E-state index in [0.717, 1.165) is 11.3 Å². The summed E-state index contributed by atoms with van der Waals surface area (Å²) in [5.41, 5.74) is 1.03. The minimum Gasteiger partial charge on any atom is -0.496 e. The molecule has 0 radical (unpaired) electrons. The average Bonchev–Trinajstić information content (AvgIpc) is 2.46. The Labute approximate surface area is 118 Å². The molecule has 1 saturated heterocycles. The van der Waals surface area contributed by atoms with Crippen molar-refractivity contribution < 1.29 is 19.4 Å². The molecule has 1 unspecified atom stereocenters. The van der Waals surface area contributed by atoms with Gasteiger partial charge in [-0.25, -0.2) is 0 Å². The number of nitrogens with zero attached hydrogens (tertiary/aromatic N) is 1. The standard InChI is InChI=1S/C15H19NO4/c1-20-13-5-3-2-4-11(13)8-9-16-10-12(15(18)19)6-7-14(16)17/h2-5,12H,6-10H2,1H3,(H,18,19). The van der Waals surface area contributed by atoms with E-state index >= 15 is 0 Å². The largest absolute Gasteiger partial charge is 0.496 e. The van der Waals surface area contributed by atoms with E-state index in [9.17, 15) is 9.59 Å². The number of benzene rings is 1. The third kappa shape index (κ3) is 3.29. The van der Waals surface area contributed by atoms with Crippen molar-refractivity contribution in [3.63, 3.8) is 0 Å². The van der Waals surface area contributed by atoms with E-state index in [4.69, 9.17) is 9.84 Å². The number of carbonyl (C=O) groups excluding carboxylic acids is 1. The molecule has 0 saturated carbocycles. The number of rotatable bonds is 5. The molecule has 1 aromatic carbocycles. The van der Waals surface area contributed by atoms with Crippen LogP contribution >= 0.6 is 0 Å². The van der Waals surface area contributed by atoms with Crippen LogP contribution in [0.2, 0.25) is 0 Å². The first kappa shape index (κ1) is 14.4. The Bertz CT molecular complexity index is 500. The van der Waals surface area contributed by atoms with Gasteiger partial charge in [-0.3, -0.25) is 9.59 Å². The highest BCUT2D eigenvalue weighted by molar-refractivity contribution is 5.80. The lowest BCUT2D eigenvalue weighted by molar-refractivity contribution is -0.147. The molecule has 5 heteroatoms. The number of para-hydroxylation sites is 1. The molecule has 1 fully saturated rings. The van der Waals surface area contributed by atoms with Crippen LogP contribution < -0.4 is 4.74 Å². The molecule has 20 heavy (non-hydrogen) atoms. The second-order valence-electron chi connectivity index (χ2n) is 4.98. The summed E-state index contributed by atoms with van der Waals surface area (Å²) < 4.78 is 5.27. The van der Waals surface area contributed by atoms with Crippen molar-refractivity contribution >= 4 is 11.9 Å². The number of aliphatic carboxylic acids is 1. The number of ether oxygens (including phenoxy) is 1. The Kier molecular flexibility index (Phi) is 4.61. The van der Waals surface area contributed by atoms with E-state index in [1.165, 1.54) is 0 Å². The third-order valence-electron chi connectivity index (χ3n) is 3.69. The first-order valence-electron chi connectivity index (χ1n) is 6.74. The van der Waals surface area contributed by atoms with Crippen LogP contribution in [-0.2, 0) is 16.0 Å². The Morgan fingerprint density at radius 3 is 2.90 bits per heavy atom. The van der Waals surface area contributed by atoms with E-state index in [1.807, 2.05) is 24.3 Å². The predicted octanol–water partition coefficient (Wildman–Crippen LogP) is 1.56. The normalized spacial score (nSPS) is 18.9. The Morgan fingerprint density at radius 1 is 1.45 bits per heavy atom. The van der Waals surface area contributed by atoms with Crippen LogP contribution in [-0.4, -0.2) is 42.1 Å². The SMILES string of the molecule is COc1ccccc1CCN1CC(C(=O)O)CCC1=O. The molecular formula is C15H19NO4. The molecule has 0 aromatic heterocycles. The minimum atomic E-state index is -0.820. The summed E-state index contributed by atoms with van der Waals surface area (Å²) in [6, 6.07) is 7.67. The van der Waals surface area contributed by atoms with Gasteiger partial charge in [-0.2, -0.15) is 0 Å². The number of hydrogen-bond donors (Lipinski definition) is 1. The number of carboxylic acids is 1. The molecule has 1 amide bonds. The second-order valence-corrected chi connectivity index (χ2v) is 4.98. The van der Waals surface area contributed by atoms with Crippen molar-refractivity contribution in [2.75, 3.05) is 20.2 Å². The number of methoxy groups -OCH3 is 1. The van der Waals surface area contributed by atoms with Crippen molar-refractivity contribution in [1.82, 2.24) is 4.90 Å². The van der Waals surface area contributed by atoms with Crippen molar-refractivity contribution in [3.8, 4) is 5.75 Å². The number of amides is 1. The summed E-state index contributed by atoms with van der Waals surface area (Å²) in [7, 11) is 1.62. The molecule has 5 nitrogen and oxygen atoms in total. The Balaban J connectivity index is 1.98. The number of likely N-dealkylation sites (tertiary alicyclic amines) is 1. The van der Waals surface area contributed by atoms with Gasteiger partial charge in [-0.05, 0) is 24.5 Å². The van der Waals surface area contributed by atoms with E-state index in [-0.39, 0.29) is 5.91 Å². The number of carbonyl (C=O) groups is 2. The molecule has 1 aliphatic heterocycles. The quantitative estimate of drug-likeness (QED) is 0.887. The highest BCUT2D eigenvalue weighted by Gasteiger charge is 2.29. The monoisotopic (exact) mass is 277 g/mol. The summed E-state index contributed by atoms with van der Waals surface area (Å²) in [5.74, 6) is -0.422. The second kappa shape index (κ2) is 6.41. The average molecular weight is 277 g/mol. The predicted molar refractivity (Wildman–Crippen MR) is 73.6 cm³/mol. The Morgan fingerprint density at radius 2 is 2.20 bits per heavy atom. The molecule has 1 aromatic rings. The lowest BCUT2D eigenvalue weighted by Gasteiger charge is -2.30. The van der Waals surface area contributed by atoms with Gasteiger partial charge < -0.3 is 14.7 Å². The molecule has 2 rings (SSSR count). The van der Waals surface area contributed by atoms with Gasteiger partial charge in [0.25, 0.3) is 0 Å². The fourth-order valence-electron chi connectivity index (χ4n) is 2.50. The van der Waals surface area contributed by atoms with Crippen LogP contribution in [0.5, 0.6) is 5.75 Å². The zero-order valence-corrected chi connectivity index (χ0v) is 11.5. The topological polar surface area (TPSA) is 66.8 Å². The maximum atomic E-state index is 11.8. The van der Waals surface area contributed by atoms with Gasteiger partial charge in [0.05, 0.1) is 13.0 Å². The maximum Gasteiger partial charge on any atom is 0.308 e. The lowest BCUT2D eigenvalue weighted by atomic mass is 9.97. The summed E-state index contributed by atoms with van der Waals surface area (Å²) in [6.45, 7) is 0.840. The van der Waals surface area contributed by atoms with Crippen molar-refractivity contribution in [3.05, 3.63) is 29.8 Å². The summed E-state index contributed by atoms with van der Waals surface area (Å²) in [6.07, 6.45) is 1.43. The highest BCUT2D eigenvalue weighted by Crippen LogP contribution is 2.21. The molecule has 1 atom stereocenters. The van der Waals surface area contributed by atoms with Gasteiger partial charge >= 0.3 is 5.97 Å². The Hall–Kier alpha value is -2.04. The molecule has 0 aliphatic carbocycles. The van der Waals surface area contributed by atoms with Gasteiger partial charge in [0.1, 0.15) is 5.75 Å². The van der Waals surface area contributed by atoms with Gasteiger partial charge in [-0.1, -0.05) is 18.2 Å².